The molecule has 0 bridgehead atoms. The summed E-state index contributed by atoms with van der Waals surface area (Å²) >= 11 is 1.53. The van der Waals surface area contributed by atoms with E-state index in [-0.39, 0.29) is 5.91 Å². The molecule has 1 aromatic heterocycles. The zero-order valence-electron chi connectivity index (χ0n) is 13.6. The van der Waals surface area contributed by atoms with Crippen molar-refractivity contribution in [3.05, 3.63) is 59.2 Å². The molecule has 0 aliphatic carbocycles. The third-order valence-corrected chi connectivity index (χ3v) is 4.74. The predicted octanol–water partition coefficient (Wildman–Crippen LogP) is 4.91. The van der Waals surface area contributed by atoms with Crippen molar-refractivity contribution in [2.24, 2.45) is 0 Å². The van der Waals surface area contributed by atoms with Gasteiger partial charge in [-0.15, -0.1) is 0 Å². The predicted molar refractivity (Wildman–Crippen MR) is 97.2 cm³/mol. The van der Waals surface area contributed by atoms with E-state index in [4.69, 9.17) is 0 Å². The zero-order chi connectivity index (χ0) is 16.4. The first-order valence-corrected chi connectivity index (χ1v) is 8.59. The van der Waals surface area contributed by atoms with Crippen LogP contribution in [-0.4, -0.2) is 10.9 Å². The summed E-state index contributed by atoms with van der Waals surface area (Å²) in [5, 5.41) is 3.58. The van der Waals surface area contributed by atoms with Crippen molar-refractivity contribution in [3.8, 4) is 0 Å². The molecule has 4 heteroatoms. The van der Waals surface area contributed by atoms with E-state index in [1.54, 1.807) is 0 Å². The SMILES string of the molecule is Cc1ccc(CC(=O)Nc2nc3ccc(C(C)C)cc3s2)cc1. The molecule has 0 aliphatic heterocycles. The Morgan fingerprint density at radius 1 is 1.17 bits per heavy atom. The van der Waals surface area contributed by atoms with E-state index in [2.05, 4.69) is 36.3 Å². The summed E-state index contributed by atoms with van der Waals surface area (Å²) in [4.78, 5) is 16.7. The molecule has 0 radical (unpaired) electrons. The van der Waals surface area contributed by atoms with Crippen LogP contribution in [0, 0.1) is 6.92 Å². The molecule has 118 valence electrons. The van der Waals surface area contributed by atoms with Crippen molar-refractivity contribution < 1.29 is 4.79 Å². The summed E-state index contributed by atoms with van der Waals surface area (Å²) < 4.78 is 1.11. The monoisotopic (exact) mass is 324 g/mol. The molecular weight excluding hydrogens is 304 g/mol. The van der Waals surface area contributed by atoms with Crippen molar-refractivity contribution in [1.29, 1.82) is 0 Å². The van der Waals surface area contributed by atoms with E-state index in [0.717, 1.165) is 15.8 Å². The van der Waals surface area contributed by atoms with Gasteiger partial charge in [0.25, 0.3) is 0 Å². The van der Waals surface area contributed by atoms with Crippen LogP contribution in [0.3, 0.4) is 0 Å². The number of nitrogens with one attached hydrogen (secondary N) is 1. The van der Waals surface area contributed by atoms with Crippen LogP contribution in [0.2, 0.25) is 0 Å². The summed E-state index contributed by atoms with van der Waals surface area (Å²) in [7, 11) is 0. The number of carbonyl (C=O) groups excluding carboxylic acids is 1. The number of rotatable bonds is 4. The maximum atomic E-state index is 12.2. The number of anilines is 1. The number of thiazole rings is 1. The van der Waals surface area contributed by atoms with E-state index in [9.17, 15) is 4.79 Å². The summed E-state index contributed by atoms with van der Waals surface area (Å²) in [5.74, 6) is 0.457. The fourth-order valence-electron chi connectivity index (χ4n) is 2.41. The van der Waals surface area contributed by atoms with Gasteiger partial charge in [-0.2, -0.15) is 0 Å². The minimum absolute atomic E-state index is 0.0306. The lowest BCUT2D eigenvalue weighted by Gasteiger charge is -2.03. The Morgan fingerprint density at radius 2 is 1.91 bits per heavy atom. The first kappa shape index (κ1) is 15.7. The lowest BCUT2D eigenvalue weighted by molar-refractivity contribution is -0.115. The molecule has 1 heterocycles. The average molecular weight is 324 g/mol. The van der Waals surface area contributed by atoms with Crippen LogP contribution < -0.4 is 5.32 Å². The highest BCUT2D eigenvalue weighted by Crippen LogP contribution is 2.29. The average Bonchev–Trinajstić information content (AvgIpc) is 2.90. The van der Waals surface area contributed by atoms with Gasteiger partial charge in [0, 0.05) is 0 Å². The molecule has 0 spiro atoms. The Hall–Kier alpha value is -2.20. The van der Waals surface area contributed by atoms with Gasteiger partial charge in [0.15, 0.2) is 5.13 Å². The third kappa shape index (κ3) is 3.77. The van der Waals surface area contributed by atoms with Crippen molar-refractivity contribution in [2.45, 2.75) is 33.1 Å². The second-order valence-electron chi connectivity index (χ2n) is 6.11. The molecule has 2 aromatic carbocycles. The molecule has 0 fully saturated rings. The van der Waals surface area contributed by atoms with Crippen LogP contribution in [0.5, 0.6) is 0 Å². The molecule has 3 aromatic rings. The van der Waals surface area contributed by atoms with E-state index < -0.39 is 0 Å². The molecule has 3 nitrogen and oxygen atoms in total. The van der Waals surface area contributed by atoms with Gasteiger partial charge >= 0.3 is 0 Å². The van der Waals surface area contributed by atoms with Gasteiger partial charge < -0.3 is 5.32 Å². The largest absolute Gasteiger partial charge is 0.302 e. The third-order valence-electron chi connectivity index (χ3n) is 3.81. The van der Waals surface area contributed by atoms with E-state index in [1.807, 2.05) is 37.3 Å². The Morgan fingerprint density at radius 3 is 2.61 bits per heavy atom. The summed E-state index contributed by atoms with van der Waals surface area (Å²) in [6, 6.07) is 14.3. The van der Waals surface area contributed by atoms with Crippen LogP contribution in [0.1, 0.15) is 36.5 Å². The fourth-order valence-corrected chi connectivity index (χ4v) is 3.34. The number of hydrogen-bond donors (Lipinski definition) is 1. The van der Waals surface area contributed by atoms with Crippen LogP contribution >= 0.6 is 11.3 Å². The Balaban J connectivity index is 1.73. The number of nitrogens with zero attached hydrogens (tertiary/aromatic N) is 1. The van der Waals surface area contributed by atoms with Crippen LogP contribution in [0.15, 0.2) is 42.5 Å². The van der Waals surface area contributed by atoms with Crippen molar-refractivity contribution in [3.63, 3.8) is 0 Å². The lowest BCUT2D eigenvalue weighted by atomic mass is 10.0. The number of benzene rings is 2. The molecule has 0 saturated heterocycles. The number of carbonyl (C=O) groups is 1. The number of aryl methyl sites for hydroxylation is 1. The standard InChI is InChI=1S/C19H20N2OS/c1-12(2)15-8-9-16-17(11-15)23-19(20-16)21-18(22)10-14-6-4-13(3)5-7-14/h4-9,11-12H,10H2,1-3H3,(H,20,21,22). The molecule has 1 N–H and O–H groups in total. The van der Waals surface area contributed by atoms with Gasteiger partial charge in [-0.05, 0) is 36.1 Å². The minimum atomic E-state index is -0.0306. The maximum Gasteiger partial charge on any atom is 0.230 e. The molecular formula is C19H20N2OS. The van der Waals surface area contributed by atoms with Crippen molar-refractivity contribution in [1.82, 2.24) is 4.98 Å². The van der Waals surface area contributed by atoms with Crippen LogP contribution in [-0.2, 0) is 11.2 Å². The fraction of sp³-hybridized carbons (Fsp3) is 0.263. The smallest absolute Gasteiger partial charge is 0.230 e. The quantitative estimate of drug-likeness (QED) is 0.741. The van der Waals surface area contributed by atoms with Gasteiger partial charge in [-0.1, -0.05) is 61.1 Å². The Labute approximate surface area is 140 Å². The van der Waals surface area contributed by atoms with E-state index in [0.29, 0.717) is 17.5 Å². The topological polar surface area (TPSA) is 42.0 Å². The normalized spacial score (nSPS) is 11.1. The maximum absolute atomic E-state index is 12.2. The summed E-state index contributed by atoms with van der Waals surface area (Å²) in [6.07, 6.45) is 0.369. The number of fused-ring (bicyclic) bond motifs is 1. The highest BCUT2D eigenvalue weighted by atomic mass is 32.1. The molecule has 3 rings (SSSR count). The van der Waals surface area contributed by atoms with Gasteiger partial charge in [-0.3, -0.25) is 4.79 Å². The highest BCUT2D eigenvalue weighted by molar-refractivity contribution is 7.22. The summed E-state index contributed by atoms with van der Waals surface area (Å²) in [6.45, 7) is 6.38. The van der Waals surface area contributed by atoms with Crippen LogP contribution in [0.4, 0.5) is 5.13 Å². The highest BCUT2D eigenvalue weighted by Gasteiger charge is 2.10. The Bertz CT molecular complexity index is 834. The number of amides is 1. The number of hydrogen-bond acceptors (Lipinski definition) is 3. The van der Waals surface area contributed by atoms with Crippen LogP contribution in [0.25, 0.3) is 10.2 Å². The molecule has 23 heavy (non-hydrogen) atoms. The minimum Gasteiger partial charge on any atom is -0.302 e. The Kier molecular flexibility index (Phi) is 4.44. The number of aromatic nitrogens is 1. The molecule has 1 amide bonds. The lowest BCUT2D eigenvalue weighted by Crippen LogP contribution is -2.14. The molecule has 0 atom stereocenters. The van der Waals surface area contributed by atoms with Gasteiger partial charge in [0.2, 0.25) is 5.91 Å². The van der Waals surface area contributed by atoms with E-state index >= 15 is 0 Å². The summed E-state index contributed by atoms with van der Waals surface area (Å²) in [5.41, 5.74) is 4.43. The van der Waals surface area contributed by atoms with Gasteiger partial charge in [0.1, 0.15) is 0 Å². The molecule has 0 aliphatic rings. The van der Waals surface area contributed by atoms with Crippen molar-refractivity contribution >= 4 is 32.6 Å². The van der Waals surface area contributed by atoms with Gasteiger partial charge in [0.05, 0.1) is 16.6 Å². The second kappa shape index (κ2) is 6.50. The van der Waals surface area contributed by atoms with E-state index in [1.165, 1.54) is 22.5 Å². The van der Waals surface area contributed by atoms with Crippen molar-refractivity contribution in [2.75, 3.05) is 5.32 Å². The second-order valence-corrected chi connectivity index (χ2v) is 7.14. The molecule has 0 saturated carbocycles. The first-order chi connectivity index (χ1) is 11.0. The first-order valence-electron chi connectivity index (χ1n) is 7.77. The van der Waals surface area contributed by atoms with Gasteiger partial charge in [-0.25, -0.2) is 4.98 Å². The molecule has 0 unspecified atom stereocenters. The zero-order valence-corrected chi connectivity index (χ0v) is 14.4.